The molecule has 1 aromatic heterocycles. The minimum Gasteiger partial charge on any atom is -0.490 e. The monoisotopic (exact) mass is 217 g/mol. The average molecular weight is 217 g/mol. The Morgan fingerprint density at radius 2 is 2.44 bits per heavy atom. The summed E-state index contributed by atoms with van der Waals surface area (Å²) in [5, 5.41) is 11.7. The van der Waals surface area contributed by atoms with Crippen molar-refractivity contribution in [3.63, 3.8) is 0 Å². The molecule has 2 heterocycles. The van der Waals surface area contributed by atoms with Crippen molar-refractivity contribution in [1.82, 2.24) is 4.98 Å². The highest BCUT2D eigenvalue weighted by atomic mass is 16.5. The first-order valence-corrected chi connectivity index (χ1v) is 5.63. The smallest absolute Gasteiger partial charge is 0.169 e. The van der Waals surface area contributed by atoms with E-state index in [1.807, 2.05) is 12.1 Å². The van der Waals surface area contributed by atoms with Gasteiger partial charge in [-0.2, -0.15) is 5.26 Å². The van der Waals surface area contributed by atoms with E-state index in [9.17, 15) is 0 Å². The first-order chi connectivity index (χ1) is 7.90. The van der Waals surface area contributed by atoms with Crippen molar-refractivity contribution in [2.24, 2.45) is 0 Å². The van der Waals surface area contributed by atoms with Crippen LogP contribution in [0.1, 0.15) is 25.0 Å². The van der Waals surface area contributed by atoms with Crippen LogP contribution in [0.5, 0.6) is 5.75 Å². The van der Waals surface area contributed by atoms with E-state index < -0.39 is 0 Å². The predicted octanol–water partition coefficient (Wildman–Crippen LogP) is 2.12. The fourth-order valence-electron chi connectivity index (χ4n) is 1.68. The molecule has 0 fully saturated rings. The molecule has 0 amide bonds. The summed E-state index contributed by atoms with van der Waals surface area (Å²) in [5.41, 5.74) is 1.02. The summed E-state index contributed by atoms with van der Waals surface area (Å²) >= 11 is 0. The first-order valence-electron chi connectivity index (χ1n) is 5.63. The molecule has 0 spiro atoms. The van der Waals surface area contributed by atoms with Gasteiger partial charge in [-0.15, -0.1) is 0 Å². The van der Waals surface area contributed by atoms with Gasteiger partial charge in [0.25, 0.3) is 0 Å². The Hall–Kier alpha value is -1.76. The molecule has 0 atom stereocenters. The molecular formula is C12H15N3O. The molecule has 4 nitrogen and oxygen atoms in total. The van der Waals surface area contributed by atoms with Crippen LogP contribution in [0.2, 0.25) is 0 Å². The van der Waals surface area contributed by atoms with Gasteiger partial charge in [0.1, 0.15) is 0 Å². The number of rotatable bonds is 3. The molecular weight excluding hydrogens is 202 g/mol. The van der Waals surface area contributed by atoms with E-state index in [1.54, 1.807) is 0 Å². The molecule has 0 radical (unpaired) electrons. The Balaban J connectivity index is 2.06. The maximum Gasteiger partial charge on any atom is 0.169 e. The van der Waals surface area contributed by atoms with Crippen LogP contribution in [-0.2, 0) is 6.42 Å². The maximum atomic E-state index is 8.47. The van der Waals surface area contributed by atoms with Crippen LogP contribution in [0.25, 0.3) is 0 Å². The van der Waals surface area contributed by atoms with Crippen molar-refractivity contribution in [2.45, 2.75) is 25.7 Å². The number of nitriles is 1. The first kappa shape index (κ1) is 10.7. The molecule has 4 heteroatoms. The molecule has 0 unspecified atom stereocenters. The number of anilines is 1. The molecule has 1 aliphatic heterocycles. The Morgan fingerprint density at radius 3 is 3.31 bits per heavy atom. The van der Waals surface area contributed by atoms with Crippen LogP contribution in [0, 0.1) is 11.3 Å². The minimum atomic E-state index is 0.586. The van der Waals surface area contributed by atoms with Gasteiger partial charge in [0.15, 0.2) is 11.6 Å². The van der Waals surface area contributed by atoms with Crippen LogP contribution in [0.4, 0.5) is 5.82 Å². The van der Waals surface area contributed by atoms with Gasteiger partial charge >= 0.3 is 0 Å². The summed E-state index contributed by atoms with van der Waals surface area (Å²) in [7, 11) is 0. The number of nitrogens with zero attached hydrogens (tertiary/aromatic N) is 2. The second kappa shape index (κ2) is 5.36. The summed E-state index contributed by atoms with van der Waals surface area (Å²) in [4.78, 5) is 4.50. The van der Waals surface area contributed by atoms with Crippen LogP contribution in [0.3, 0.4) is 0 Å². The highest BCUT2D eigenvalue weighted by molar-refractivity contribution is 5.51. The number of nitrogens with one attached hydrogen (secondary N) is 1. The standard InChI is InChI=1S/C12H15N3O/c13-7-2-1-4-10-5-6-11-12(15-10)14-8-3-9-16-11/h5-6H,1-4,8-9H2,(H,14,15). The normalized spacial score (nSPS) is 13.9. The molecule has 1 aliphatic rings. The summed E-state index contributed by atoms with van der Waals surface area (Å²) in [6, 6.07) is 6.08. The second-order valence-electron chi connectivity index (χ2n) is 3.79. The van der Waals surface area contributed by atoms with E-state index in [0.29, 0.717) is 6.42 Å². The van der Waals surface area contributed by atoms with E-state index in [0.717, 1.165) is 49.7 Å². The highest BCUT2D eigenvalue weighted by Gasteiger charge is 2.09. The zero-order valence-electron chi connectivity index (χ0n) is 9.20. The van der Waals surface area contributed by atoms with E-state index in [2.05, 4.69) is 16.4 Å². The predicted molar refractivity (Wildman–Crippen MR) is 61.4 cm³/mol. The van der Waals surface area contributed by atoms with Crippen LogP contribution in [0.15, 0.2) is 12.1 Å². The Kier molecular flexibility index (Phi) is 3.60. The average Bonchev–Trinajstić information content (AvgIpc) is 2.54. The number of hydrogen-bond donors (Lipinski definition) is 1. The van der Waals surface area contributed by atoms with Crippen molar-refractivity contribution in [3.05, 3.63) is 17.8 Å². The van der Waals surface area contributed by atoms with Crippen molar-refractivity contribution < 1.29 is 4.74 Å². The Morgan fingerprint density at radius 1 is 1.50 bits per heavy atom. The van der Waals surface area contributed by atoms with Gasteiger partial charge in [0.2, 0.25) is 0 Å². The number of ether oxygens (including phenoxy) is 1. The Labute approximate surface area is 95.3 Å². The molecule has 0 saturated heterocycles. The number of unbranched alkanes of at least 4 members (excludes halogenated alkanes) is 1. The third-order valence-corrected chi connectivity index (χ3v) is 2.51. The van der Waals surface area contributed by atoms with E-state index >= 15 is 0 Å². The van der Waals surface area contributed by atoms with Crippen LogP contribution < -0.4 is 10.1 Å². The van der Waals surface area contributed by atoms with Crippen LogP contribution in [-0.4, -0.2) is 18.1 Å². The van der Waals surface area contributed by atoms with Gasteiger partial charge in [-0.25, -0.2) is 4.98 Å². The lowest BCUT2D eigenvalue weighted by atomic mass is 10.2. The molecule has 1 aromatic rings. The van der Waals surface area contributed by atoms with Gasteiger partial charge in [-0.05, 0) is 31.4 Å². The summed E-state index contributed by atoms with van der Waals surface area (Å²) < 4.78 is 5.55. The fraction of sp³-hybridized carbons (Fsp3) is 0.500. The van der Waals surface area contributed by atoms with E-state index in [-0.39, 0.29) is 0 Å². The molecule has 1 N–H and O–H groups in total. The van der Waals surface area contributed by atoms with Crippen molar-refractivity contribution in [3.8, 4) is 11.8 Å². The lowest BCUT2D eigenvalue weighted by molar-refractivity contribution is 0.322. The molecule has 84 valence electrons. The van der Waals surface area contributed by atoms with Gasteiger partial charge < -0.3 is 10.1 Å². The zero-order chi connectivity index (χ0) is 11.2. The molecule has 2 rings (SSSR count). The molecule has 16 heavy (non-hydrogen) atoms. The molecule has 0 saturated carbocycles. The lowest BCUT2D eigenvalue weighted by Crippen LogP contribution is -2.02. The minimum absolute atomic E-state index is 0.586. The maximum absolute atomic E-state index is 8.47. The van der Waals surface area contributed by atoms with Gasteiger partial charge in [0, 0.05) is 18.7 Å². The molecule has 0 aromatic carbocycles. The topological polar surface area (TPSA) is 57.9 Å². The third kappa shape index (κ3) is 2.63. The third-order valence-electron chi connectivity index (χ3n) is 2.51. The summed E-state index contributed by atoms with van der Waals surface area (Å²) in [5.74, 6) is 1.67. The van der Waals surface area contributed by atoms with Crippen molar-refractivity contribution >= 4 is 5.82 Å². The number of pyridine rings is 1. The summed E-state index contributed by atoms with van der Waals surface area (Å²) in [6.45, 7) is 1.65. The SMILES string of the molecule is N#CCCCc1ccc2c(n1)NCCCO2. The van der Waals surface area contributed by atoms with Crippen LogP contribution >= 0.6 is 0 Å². The number of fused-ring (bicyclic) bond motifs is 1. The van der Waals surface area contributed by atoms with E-state index in [1.165, 1.54) is 0 Å². The molecule has 0 aliphatic carbocycles. The van der Waals surface area contributed by atoms with Gasteiger partial charge in [0.05, 0.1) is 12.7 Å². The summed E-state index contributed by atoms with van der Waals surface area (Å²) in [6.07, 6.45) is 3.30. The van der Waals surface area contributed by atoms with E-state index in [4.69, 9.17) is 10.00 Å². The zero-order valence-corrected chi connectivity index (χ0v) is 9.20. The highest BCUT2D eigenvalue weighted by Crippen LogP contribution is 2.24. The number of hydrogen-bond acceptors (Lipinski definition) is 4. The van der Waals surface area contributed by atoms with Gasteiger partial charge in [-0.1, -0.05) is 0 Å². The second-order valence-corrected chi connectivity index (χ2v) is 3.79. The van der Waals surface area contributed by atoms with Crippen molar-refractivity contribution in [1.29, 1.82) is 5.26 Å². The molecule has 0 bridgehead atoms. The van der Waals surface area contributed by atoms with Gasteiger partial charge in [-0.3, -0.25) is 0 Å². The lowest BCUT2D eigenvalue weighted by Gasteiger charge is -2.08. The largest absolute Gasteiger partial charge is 0.490 e. The van der Waals surface area contributed by atoms with Crippen molar-refractivity contribution in [2.75, 3.05) is 18.5 Å². The number of aromatic nitrogens is 1. The Bertz CT molecular complexity index is 398. The fourth-order valence-corrected chi connectivity index (χ4v) is 1.68. The number of aryl methyl sites for hydroxylation is 1. The quantitative estimate of drug-likeness (QED) is 0.788.